The summed E-state index contributed by atoms with van der Waals surface area (Å²) < 4.78 is 13.1. The van der Waals surface area contributed by atoms with Crippen molar-refractivity contribution in [1.29, 1.82) is 0 Å². The van der Waals surface area contributed by atoms with Crippen LogP contribution in [0.3, 0.4) is 0 Å². The van der Waals surface area contributed by atoms with Gasteiger partial charge < -0.3 is 10.6 Å². The molecule has 1 aliphatic rings. The first-order chi connectivity index (χ1) is 12.1. The summed E-state index contributed by atoms with van der Waals surface area (Å²) in [5.74, 6) is -0.800. The molecule has 3 rings (SSSR count). The minimum atomic E-state index is -0.343. The second kappa shape index (κ2) is 7.34. The molecule has 0 radical (unpaired) electrons. The maximum absolute atomic E-state index is 13.1. The number of nitrogens with zero attached hydrogens (tertiary/aromatic N) is 1. The van der Waals surface area contributed by atoms with Crippen molar-refractivity contribution in [2.75, 3.05) is 23.3 Å². The first kappa shape index (κ1) is 17.0. The summed E-state index contributed by atoms with van der Waals surface area (Å²) >= 11 is 0. The number of carbonyl (C=O) groups is 2. The topological polar surface area (TPSA) is 61.4 Å². The molecule has 1 saturated heterocycles. The van der Waals surface area contributed by atoms with Crippen LogP contribution in [0.15, 0.2) is 48.5 Å². The lowest BCUT2D eigenvalue weighted by atomic mass is 9.95. The van der Waals surface area contributed by atoms with Crippen LogP contribution < -0.4 is 15.5 Å². The fourth-order valence-corrected chi connectivity index (χ4v) is 2.94. The van der Waals surface area contributed by atoms with Crippen LogP contribution in [0.1, 0.15) is 24.8 Å². The van der Waals surface area contributed by atoms with Crippen molar-refractivity contribution in [2.45, 2.75) is 19.3 Å². The van der Waals surface area contributed by atoms with Crippen molar-refractivity contribution in [2.24, 2.45) is 0 Å². The highest BCUT2D eigenvalue weighted by atomic mass is 19.1. The number of benzene rings is 2. The zero-order valence-electron chi connectivity index (χ0n) is 14.0. The van der Waals surface area contributed by atoms with Crippen molar-refractivity contribution < 1.29 is 14.0 Å². The molecule has 0 saturated carbocycles. The molecule has 2 aromatic rings. The largest absolute Gasteiger partial charge is 0.336 e. The van der Waals surface area contributed by atoms with Crippen molar-refractivity contribution in [1.82, 2.24) is 5.32 Å². The van der Waals surface area contributed by atoms with Gasteiger partial charge in [0, 0.05) is 24.5 Å². The zero-order valence-corrected chi connectivity index (χ0v) is 14.0. The predicted molar refractivity (Wildman–Crippen MR) is 95.2 cm³/mol. The van der Waals surface area contributed by atoms with E-state index >= 15 is 0 Å². The predicted octanol–water partition coefficient (Wildman–Crippen LogP) is 3.49. The maximum atomic E-state index is 13.1. The maximum Gasteiger partial charge on any atom is 0.321 e. The molecule has 1 heterocycles. The molecule has 0 unspecified atom stereocenters. The van der Waals surface area contributed by atoms with E-state index in [1.807, 2.05) is 6.92 Å². The lowest BCUT2D eigenvalue weighted by molar-refractivity contribution is -0.117. The highest BCUT2D eigenvalue weighted by molar-refractivity contribution is 5.97. The van der Waals surface area contributed by atoms with Crippen molar-refractivity contribution in [3.8, 4) is 0 Å². The number of amides is 3. The van der Waals surface area contributed by atoms with Gasteiger partial charge in [0.2, 0.25) is 5.91 Å². The lowest BCUT2D eigenvalue weighted by Gasteiger charge is -2.17. The molecule has 0 aromatic heterocycles. The Labute approximate surface area is 145 Å². The Morgan fingerprint density at radius 2 is 1.88 bits per heavy atom. The number of anilines is 2. The number of rotatable bonds is 5. The SMILES string of the molecule is CC[C@@H](C(=O)Nc1ccc(N2CCNC2=O)cc1)c1ccc(F)cc1. The monoisotopic (exact) mass is 341 g/mol. The van der Waals surface area contributed by atoms with E-state index < -0.39 is 0 Å². The highest BCUT2D eigenvalue weighted by Gasteiger charge is 2.22. The third-order valence-electron chi connectivity index (χ3n) is 4.30. The molecule has 6 heteroatoms. The smallest absolute Gasteiger partial charge is 0.321 e. The van der Waals surface area contributed by atoms with Gasteiger partial charge in [0.25, 0.3) is 0 Å². The Hall–Kier alpha value is -2.89. The standard InChI is InChI=1S/C19H20FN3O2/c1-2-17(13-3-5-14(20)6-4-13)18(24)22-15-7-9-16(10-8-15)23-12-11-21-19(23)25/h3-10,17H,2,11-12H2,1H3,(H,21,25)(H,22,24)/t17-/m1/s1. The van der Waals surface area contributed by atoms with E-state index in [1.165, 1.54) is 12.1 Å². The molecular formula is C19H20FN3O2. The number of halogens is 1. The van der Waals surface area contributed by atoms with Crippen molar-refractivity contribution >= 4 is 23.3 Å². The Morgan fingerprint density at radius 1 is 1.20 bits per heavy atom. The minimum absolute atomic E-state index is 0.112. The summed E-state index contributed by atoms with van der Waals surface area (Å²) in [6.45, 7) is 3.18. The average Bonchev–Trinajstić information content (AvgIpc) is 3.04. The highest BCUT2D eigenvalue weighted by Crippen LogP contribution is 2.24. The molecule has 2 N–H and O–H groups in total. The molecule has 1 aliphatic heterocycles. The fraction of sp³-hybridized carbons (Fsp3) is 0.263. The van der Waals surface area contributed by atoms with Gasteiger partial charge in [-0.25, -0.2) is 9.18 Å². The number of nitrogens with one attached hydrogen (secondary N) is 2. The molecule has 3 amide bonds. The van der Waals surface area contributed by atoms with Crippen LogP contribution in [0.2, 0.25) is 0 Å². The normalized spacial score (nSPS) is 15.0. The molecular weight excluding hydrogens is 321 g/mol. The van der Waals surface area contributed by atoms with Crippen LogP contribution in [0.4, 0.5) is 20.6 Å². The molecule has 2 aromatic carbocycles. The summed E-state index contributed by atoms with van der Waals surface area (Å²) in [6.07, 6.45) is 0.615. The van der Waals surface area contributed by atoms with Crippen molar-refractivity contribution in [3.63, 3.8) is 0 Å². The molecule has 0 spiro atoms. The van der Waals surface area contributed by atoms with Gasteiger partial charge in [-0.1, -0.05) is 19.1 Å². The van der Waals surface area contributed by atoms with Gasteiger partial charge in [-0.15, -0.1) is 0 Å². The molecule has 1 fully saturated rings. The van der Waals surface area contributed by atoms with Gasteiger partial charge in [0.05, 0.1) is 5.92 Å². The molecule has 5 nitrogen and oxygen atoms in total. The van der Waals surface area contributed by atoms with E-state index in [9.17, 15) is 14.0 Å². The van der Waals surface area contributed by atoms with E-state index in [0.717, 1.165) is 11.3 Å². The van der Waals surface area contributed by atoms with Crippen LogP contribution in [-0.2, 0) is 4.79 Å². The molecule has 25 heavy (non-hydrogen) atoms. The molecule has 1 atom stereocenters. The minimum Gasteiger partial charge on any atom is -0.336 e. The van der Waals surface area contributed by atoms with E-state index in [0.29, 0.717) is 25.2 Å². The number of hydrogen-bond acceptors (Lipinski definition) is 2. The van der Waals surface area contributed by atoms with Crippen molar-refractivity contribution in [3.05, 3.63) is 59.9 Å². The molecule has 0 aliphatic carbocycles. The fourth-order valence-electron chi connectivity index (χ4n) is 2.94. The van der Waals surface area contributed by atoms with Gasteiger partial charge >= 0.3 is 6.03 Å². The summed E-state index contributed by atoms with van der Waals surface area (Å²) in [6, 6.07) is 13.0. The van der Waals surface area contributed by atoms with Crippen LogP contribution in [0.5, 0.6) is 0 Å². The third-order valence-corrected chi connectivity index (χ3v) is 4.30. The molecule has 0 bridgehead atoms. The third kappa shape index (κ3) is 3.79. The lowest BCUT2D eigenvalue weighted by Crippen LogP contribution is -2.27. The van der Waals surface area contributed by atoms with E-state index in [1.54, 1.807) is 41.3 Å². The van der Waals surface area contributed by atoms with Gasteiger partial charge in [-0.05, 0) is 48.4 Å². The quantitative estimate of drug-likeness (QED) is 0.874. The zero-order chi connectivity index (χ0) is 17.8. The molecule has 130 valence electrons. The van der Waals surface area contributed by atoms with Gasteiger partial charge in [0.1, 0.15) is 5.82 Å². The van der Waals surface area contributed by atoms with Crippen LogP contribution in [0.25, 0.3) is 0 Å². The number of carbonyl (C=O) groups excluding carboxylic acids is 2. The van der Waals surface area contributed by atoms with Gasteiger partial charge in [-0.2, -0.15) is 0 Å². The average molecular weight is 341 g/mol. The Bertz CT molecular complexity index is 759. The Balaban J connectivity index is 1.69. The Kier molecular flexibility index (Phi) is 4.97. The van der Waals surface area contributed by atoms with Gasteiger partial charge in [-0.3, -0.25) is 9.69 Å². The van der Waals surface area contributed by atoms with Crippen LogP contribution in [0, 0.1) is 5.82 Å². The second-order valence-electron chi connectivity index (χ2n) is 5.93. The van der Waals surface area contributed by atoms with E-state index in [4.69, 9.17) is 0 Å². The first-order valence-corrected chi connectivity index (χ1v) is 8.30. The number of hydrogen-bond donors (Lipinski definition) is 2. The summed E-state index contributed by atoms with van der Waals surface area (Å²) in [7, 11) is 0. The summed E-state index contributed by atoms with van der Waals surface area (Å²) in [5.41, 5.74) is 2.24. The Morgan fingerprint density at radius 3 is 2.44 bits per heavy atom. The number of urea groups is 1. The van der Waals surface area contributed by atoms with E-state index in [-0.39, 0.29) is 23.7 Å². The van der Waals surface area contributed by atoms with Crippen LogP contribution in [-0.4, -0.2) is 25.0 Å². The second-order valence-corrected chi connectivity index (χ2v) is 5.93. The first-order valence-electron chi connectivity index (χ1n) is 8.30. The van der Waals surface area contributed by atoms with E-state index in [2.05, 4.69) is 10.6 Å². The summed E-state index contributed by atoms with van der Waals surface area (Å²) in [4.78, 5) is 25.9. The van der Waals surface area contributed by atoms with Gasteiger partial charge in [0.15, 0.2) is 0 Å². The summed E-state index contributed by atoms with van der Waals surface area (Å²) in [5, 5.41) is 5.63. The van der Waals surface area contributed by atoms with Crippen LogP contribution >= 0.6 is 0 Å².